The van der Waals surface area contributed by atoms with Gasteiger partial charge in [0.05, 0.1) is 6.07 Å². The Kier molecular flexibility index (Phi) is 7.36. The van der Waals surface area contributed by atoms with Gasteiger partial charge < -0.3 is 10.2 Å². The molecule has 0 aliphatic carbocycles. The van der Waals surface area contributed by atoms with Crippen LogP contribution in [0.4, 0.5) is 0 Å². The maximum atomic E-state index is 9.13. The molecule has 0 aliphatic heterocycles. The van der Waals surface area contributed by atoms with E-state index in [4.69, 9.17) is 5.26 Å². The van der Waals surface area contributed by atoms with Gasteiger partial charge in [0, 0.05) is 6.04 Å². The number of unbranched alkanes of at least 4 members (excludes halogenated alkanes) is 1. The molecule has 0 aromatic rings. The summed E-state index contributed by atoms with van der Waals surface area (Å²) in [5.41, 5.74) is -0.404. The summed E-state index contributed by atoms with van der Waals surface area (Å²) in [4.78, 5) is 2.45. The Hall–Kier alpha value is -0.590. The van der Waals surface area contributed by atoms with Crippen molar-refractivity contribution in [3.8, 4) is 6.07 Å². The Balaban J connectivity index is 4.30. The van der Waals surface area contributed by atoms with Crippen LogP contribution in [-0.2, 0) is 0 Å². The van der Waals surface area contributed by atoms with Crippen LogP contribution in [0, 0.1) is 11.3 Å². The van der Waals surface area contributed by atoms with Gasteiger partial charge in [-0.05, 0) is 46.8 Å². The van der Waals surface area contributed by atoms with Crippen LogP contribution in [0.3, 0.4) is 0 Å². The zero-order chi connectivity index (χ0) is 12.6. The number of hydrogen-bond acceptors (Lipinski definition) is 3. The molecule has 94 valence electrons. The minimum Gasteiger partial charge on any atom is -0.303 e. The van der Waals surface area contributed by atoms with Crippen LogP contribution in [0.25, 0.3) is 0 Å². The molecule has 0 spiro atoms. The first-order valence-corrected chi connectivity index (χ1v) is 6.37. The first kappa shape index (κ1) is 15.4. The molecule has 0 fully saturated rings. The molecule has 16 heavy (non-hydrogen) atoms. The molecule has 2 unspecified atom stereocenters. The summed E-state index contributed by atoms with van der Waals surface area (Å²) < 4.78 is 0. The van der Waals surface area contributed by atoms with E-state index in [2.05, 4.69) is 37.1 Å². The lowest BCUT2D eigenvalue weighted by Crippen LogP contribution is -2.45. The molecule has 3 nitrogen and oxygen atoms in total. The zero-order valence-electron chi connectivity index (χ0n) is 11.5. The lowest BCUT2D eigenvalue weighted by atomic mass is 9.94. The molecular weight excluding hydrogens is 198 g/mol. The predicted molar refractivity (Wildman–Crippen MR) is 69.3 cm³/mol. The molecule has 0 heterocycles. The van der Waals surface area contributed by atoms with Crippen LogP contribution in [-0.4, -0.2) is 36.6 Å². The molecule has 2 atom stereocenters. The fourth-order valence-corrected chi connectivity index (χ4v) is 1.97. The van der Waals surface area contributed by atoms with Gasteiger partial charge in [-0.3, -0.25) is 0 Å². The van der Waals surface area contributed by atoms with E-state index in [9.17, 15) is 0 Å². The molecule has 0 bridgehead atoms. The van der Waals surface area contributed by atoms with E-state index >= 15 is 0 Å². The first-order valence-electron chi connectivity index (χ1n) is 6.37. The van der Waals surface area contributed by atoms with Gasteiger partial charge in [0.2, 0.25) is 0 Å². The van der Waals surface area contributed by atoms with Crippen LogP contribution in [0.5, 0.6) is 0 Å². The zero-order valence-corrected chi connectivity index (χ0v) is 11.5. The summed E-state index contributed by atoms with van der Waals surface area (Å²) in [7, 11) is 1.86. The molecule has 0 rings (SSSR count). The molecule has 0 aromatic heterocycles. The molecule has 0 aromatic carbocycles. The standard InChI is InChI=1S/C13H27N3/c1-6-8-9-16(7-2)12(3)10-13(4,11-14)15-5/h12,15H,6-10H2,1-5H3. The highest BCUT2D eigenvalue weighted by Crippen LogP contribution is 2.15. The van der Waals surface area contributed by atoms with Gasteiger partial charge in [-0.15, -0.1) is 0 Å². The number of nitrogens with zero attached hydrogens (tertiary/aromatic N) is 2. The fourth-order valence-electron chi connectivity index (χ4n) is 1.97. The fraction of sp³-hybridized carbons (Fsp3) is 0.923. The Morgan fingerprint density at radius 1 is 1.44 bits per heavy atom. The molecule has 0 saturated carbocycles. The van der Waals surface area contributed by atoms with Gasteiger partial charge in [0.25, 0.3) is 0 Å². The van der Waals surface area contributed by atoms with Crippen molar-refractivity contribution in [3.05, 3.63) is 0 Å². The van der Waals surface area contributed by atoms with Gasteiger partial charge in [-0.2, -0.15) is 5.26 Å². The summed E-state index contributed by atoms with van der Waals surface area (Å²) in [6.07, 6.45) is 3.34. The summed E-state index contributed by atoms with van der Waals surface area (Å²) in [6.45, 7) is 10.8. The minimum atomic E-state index is -0.404. The summed E-state index contributed by atoms with van der Waals surface area (Å²) in [6, 6.07) is 2.81. The van der Waals surface area contributed by atoms with Crippen molar-refractivity contribution in [2.45, 2.75) is 58.5 Å². The Labute approximate surface area is 101 Å². The number of hydrogen-bond donors (Lipinski definition) is 1. The van der Waals surface area contributed by atoms with E-state index in [0.29, 0.717) is 6.04 Å². The van der Waals surface area contributed by atoms with Gasteiger partial charge in [-0.1, -0.05) is 20.3 Å². The molecule has 3 heteroatoms. The second kappa shape index (κ2) is 7.65. The lowest BCUT2D eigenvalue weighted by molar-refractivity contribution is 0.184. The third kappa shape index (κ3) is 4.96. The predicted octanol–water partition coefficient (Wildman–Crippen LogP) is 2.39. The van der Waals surface area contributed by atoms with Crippen molar-refractivity contribution in [3.63, 3.8) is 0 Å². The van der Waals surface area contributed by atoms with Gasteiger partial charge in [0.1, 0.15) is 5.54 Å². The average Bonchev–Trinajstić information content (AvgIpc) is 2.29. The number of nitriles is 1. The highest BCUT2D eigenvalue weighted by atomic mass is 15.1. The van der Waals surface area contributed by atoms with Crippen molar-refractivity contribution >= 4 is 0 Å². The monoisotopic (exact) mass is 225 g/mol. The van der Waals surface area contributed by atoms with Crippen molar-refractivity contribution in [1.82, 2.24) is 10.2 Å². The second-order valence-electron chi connectivity index (χ2n) is 4.73. The van der Waals surface area contributed by atoms with E-state index in [0.717, 1.165) is 19.5 Å². The highest BCUT2D eigenvalue weighted by Gasteiger charge is 2.26. The quantitative estimate of drug-likeness (QED) is 0.689. The molecule has 0 amide bonds. The van der Waals surface area contributed by atoms with Crippen molar-refractivity contribution < 1.29 is 0 Å². The van der Waals surface area contributed by atoms with Crippen LogP contribution in [0.1, 0.15) is 47.0 Å². The molecule has 0 aliphatic rings. The van der Waals surface area contributed by atoms with Crippen molar-refractivity contribution in [1.29, 1.82) is 5.26 Å². The first-order chi connectivity index (χ1) is 7.52. The Bertz CT molecular complexity index is 222. The van der Waals surface area contributed by atoms with E-state index in [1.165, 1.54) is 12.8 Å². The normalized spacial score (nSPS) is 16.8. The van der Waals surface area contributed by atoms with Crippen LogP contribution >= 0.6 is 0 Å². The lowest BCUT2D eigenvalue weighted by Gasteiger charge is -2.32. The molecular formula is C13H27N3. The largest absolute Gasteiger partial charge is 0.303 e. The summed E-state index contributed by atoms with van der Waals surface area (Å²) in [5.74, 6) is 0. The van der Waals surface area contributed by atoms with Gasteiger partial charge in [-0.25, -0.2) is 0 Å². The van der Waals surface area contributed by atoms with Crippen LogP contribution in [0.15, 0.2) is 0 Å². The highest BCUT2D eigenvalue weighted by molar-refractivity contribution is 5.04. The van der Waals surface area contributed by atoms with E-state index < -0.39 is 5.54 Å². The van der Waals surface area contributed by atoms with Gasteiger partial charge >= 0.3 is 0 Å². The maximum absolute atomic E-state index is 9.13. The van der Waals surface area contributed by atoms with E-state index in [1.54, 1.807) is 0 Å². The molecule has 0 radical (unpaired) electrons. The third-order valence-electron chi connectivity index (χ3n) is 3.33. The molecule has 0 saturated heterocycles. The second-order valence-corrected chi connectivity index (χ2v) is 4.73. The average molecular weight is 225 g/mol. The Morgan fingerprint density at radius 2 is 2.06 bits per heavy atom. The number of rotatable bonds is 8. The van der Waals surface area contributed by atoms with Crippen LogP contribution in [0.2, 0.25) is 0 Å². The smallest absolute Gasteiger partial charge is 0.105 e. The Morgan fingerprint density at radius 3 is 2.44 bits per heavy atom. The van der Waals surface area contributed by atoms with E-state index in [-0.39, 0.29) is 0 Å². The van der Waals surface area contributed by atoms with Crippen LogP contribution < -0.4 is 5.32 Å². The minimum absolute atomic E-state index is 0.404. The topological polar surface area (TPSA) is 39.1 Å². The molecule has 1 N–H and O–H groups in total. The van der Waals surface area contributed by atoms with Crippen molar-refractivity contribution in [2.75, 3.05) is 20.1 Å². The van der Waals surface area contributed by atoms with E-state index in [1.807, 2.05) is 14.0 Å². The van der Waals surface area contributed by atoms with Gasteiger partial charge in [0.15, 0.2) is 0 Å². The third-order valence-corrected chi connectivity index (χ3v) is 3.33. The SMILES string of the molecule is CCCCN(CC)C(C)CC(C)(C#N)NC. The summed E-state index contributed by atoms with van der Waals surface area (Å²) >= 11 is 0. The maximum Gasteiger partial charge on any atom is 0.105 e. The number of nitrogens with one attached hydrogen (secondary N) is 1. The van der Waals surface area contributed by atoms with Crippen molar-refractivity contribution in [2.24, 2.45) is 0 Å². The summed E-state index contributed by atoms with van der Waals surface area (Å²) in [5, 5.41) is 12.2.